The summed E-state index contributed by atoms with van der Waals surface area (Å²) in [5.41, 5.74) is 3.01. The van der Waals surface area contributed by atoms with E-state index in [2.05, 4.69) is 15.5 Å². The molecule has 2 N–H and O–H groups in total. The number of carbonyl (C=O) groups excluding carboxylic acids is 1. The molecule has 206 valence electrons. The zero-order chi connectivity index (χ0) is 27.8. The number of non-ortho nitro benzene ring substituents is 1. The molecule has 0 bridgehead atoms. The standard InChI is InChI=1S/C29H33ClN4O5/c1-38-27-12-9-21(15-28(27)39-2)17-32-23-16-26(33(19-23)18-22-5-3-4-6-25(22)30)29(35)31-14-13-20-7-10-24(11-8-20)34(36)37/h3-12,15,23,26,32H,13-14,16-19H2,1-2H3,(H,31,35)/t23-,26-/m0/s1. The van der Waals surface area contributed by atoms with Gasteiger partial charge in [0.1, 0.15) is 0 Å². The first-order valence-corrected chi connectivity index (χ1v) is 13.2. The average Bonchev–Trinajstić information content (AvgIpc) is 3.35. The summed E-state index contributed by atoms with van der Waals surface area (Å²) in [4.78, 5) is 25.9. The van der Waals surface area contributed by atoms with Gasteiger partial charge in [-0.15, -0.1) is 0 Å². The van der Waals surface area contributed by atoms with Crippen LogP contribution in [0.3, 0.4) is 0 Å². The lowest BCUT2D eigenvalue weighted by molar-refractivity contribution is -0.384. The number of methoxy groups -OCH3 is 2. The minimum absolute atomic E-state index is 0.0422. The van der Waals surface area contributed by atoms with Gasteiger partial charge < -0.3 is 20.1 Å². The van der Waals surface area contributed by atoms with E-state index in [-0.39, 0.29) is 23.7 Å². The molecule has 0 aromatic heterocycles. The number of carbonyl (C=O) groups is 1. The molecule has 1 aliphatic rings. The fourth-order valence-corrected chi connectivity index (χ4v) is 5.02. The van der Waals surface area contributed by atoms with Gasteiger partial charge in [-0.25, -0.2) is 0 Å². The van der Waals surface area contributed by atoms with Crippen molar-refractivity contribution in [3.8, 4) is 11.5 Å². The Morgan fingerprint density at radius 2 is 1.77 bits per heavy atom. The number of nitro benzene ring substituents is 1. The lowest BCUT2D eigenvalue weighted by Gasteiger charge is -2.24. The Bertz CT molecular complexity index is 1290. The van der Waals surface area contributed by atoms with E-state index in [1.165, 1.54) is 12.1 Å². The van der Waals surface area contributed by atoms with Crippen LogP contribution in [0.5, 0.6) is 11.5 Å². The predicted molar refractivity (Wildman–Crippen MR) is 150 cm³/mol. The Kier molecular flexibility index (Phi) is 9.75. The Balaban J connectivity index is 1.39. The van der Waals surface area contributed by atoms with E-state index in [9.17, 15) is 14.9 Å². The molecule has 0 saturated carbocycles. The van der Waals surface area contributed by atoms with Gasteiger partial charge in [0.05, 0.1) is 25.2 Å². The minimum Gasteiger partial charge on any atom is -0.493 e. The second kappa shape index (κ2) is 13.4. The summed E-state index contributed by atoms with van der Waals surface area (Å²) in [7, 11) is 3.22. The number of nitro groups is 1. The second-order valence-electron chi connectivity index (χ2n) is 9.50. The average molecular weight is 553 g/mol. The molecule has 1 aliphatic heterocycles. The van der Waals surface area contributed by atoms with E-state index in [0.717, 1.165) is 16.7 Å². The fourth-order valence-electron chi connectivity index (χ4n) is 4.83. The summed E-state index contributed by atoms with van der Waals surface area (Å²) in [5, 5.41) is 18.2. The largest absolute Gasteiger partial charge is 0.493 e. The zero-order valence-electron chi connectivity index (χ0n) is 22.1. The third-order valence-corrected chi connectivity index (χ3v) is 7.31. The van der Waals surface area contributed by atoms with Crippen LogP contribution in [0.25, 0.3) is 0 Å². The van der Waals surface area contributed by atoms with Crippen LogP contribution in [0.1, 0.15) is 23.1 Å². The molecular formula is C29H33ClN4O5. The van der Waals surface area contributed by atoms with Gasteiger partial charge in [-0.05, 0) is 47.7 Å². The van der Waals surface area contributed by atoms with E-state index >= 15 is 0 Å². The van der Waals surface area contributed by atoms with Gasteiger partial charge in [0, 0.05) is 49.4 Å². The van der Waals surface area contributed by atoms with E-state index in [1.54, 1.807) is 26.4 Å². The number of nitrogens with zero attached hydrogens (tertiary/aromatic N) is 2. The van der Waals surface area contributed by atoms with Crippen molar-refractivity contribution in [2.45, 2.75) is 38.0 Å². The Morgan fingerprint density at radius 3 is 2.46 bits per heavy atom. The number of benzene rings is 3. The maximum atomic E-state index is 13.3. The molecule has 1 fully saturated rings. The van der Waals surface area contributed by atoms with Gasteiger partial charge in [-0.3, -0.25) is 19.8 Å². The van der Waals surface area contributed by atoms with Crippen LogP contribution in [-0.4, -0.2) is 55.1 Å². The van der Waals surface area contributed by atoms with Crippen molar-refractivity contribution in [2.24, 2.45) is 0 Å². The van der Waals surface area contributed by atoms with Gasteiger partial charge in [-0.1, -0.05) is 48.0 Å². The maximum absolute atomic E-state index is 13.3. The van der Waals surface area contributed by atoms with Crippen molar-refractivity contribution < 1.29 is 19.2 Å². The van der Waals surface area contributed by atoms with Crippen molar-refractivity contribution in [3.63, 3.8) is 0 Å². The number of halogens is 1. The third kappa shape index (κ3) is 7.47. The first-order valence-electron chi connectivity index (χ1n) is 12.8. The highest BCUT2D eigenvalue weighted by Gasteiger charge is 2.36. The van der Waals surface area contributed by atoms with Crippen LogP contribution in [0.15, 0.2) is 66.7 Å². The quantitative estimate of drug-likeness (QED) is 0.254. The van der Waals surface area contributed by atoms with Crippen LogP contribution < -0.4 is 20.1 Å². The molecule has 0 unspecified atom stereocenters. The van der Waals surface area contributed by atoms with E-state index in [1.807, 2.05) is 42.5 Å². The molecule has 2 atom stereocenters. The van der Waals surface area contributed by atoms with Gasteiger partial charge in [0.2, 0.25) is 5.91 Å². The van der Waals surface area contributed by atoms with Gasteiger partial charge in [-0.2, -0.15) is 0 Å². The number of nitrogens with one attached hydrogen (secondary N) is 2. The monoisotopic (exact) mass is 552 g/mol. The summed E-state index contributed by atoms with van der Waals surface area (Å²) in [5.74, 6) is 1.31. The molecule has 1 heterocycles. The van der Waals surface area contributed by atoms with Crippen molar-refractivity contribution in [1.82, 2.24) is 15.5 Å². The van der Waals surface area contributed by atoms with Crippen LogP contribution >= 0.6 is 11.6 Å². The first kappa shape index (κ1) is 28.4. The molecule has 9 nitrogen and oxygen atoms in total. The SMILES string of the molecule is COc1ccc(CN[C@H]2C[C@@H](C(=O)NCCc3ccc([N+](=O)[O-])cc3)N(Cc3ccccc3Cl)C2)cc1OC. The number of hydrogen-bond acceptors (Lipinski definition) is 7. The minimum atomic E-state index is -0.422. The van der Waals surface area contributed by atoms with E-state index < -0.39 is 4.92 Å². The number of likely N-dealkylation sites (tertiary alicyclic amines) is 1. The molecule has 0 aliphatic carbocycles. The molecule has 3 aromatic rings. The van der Waals surface area contributed by atoms with Crippen molar-refractivity contribution in [1.29, 1.82) is 0 Å². The summed E-state index contributed by atoms with van der Waals surface area (Å²) < 4.78 is 10.8. The maximum Gasteiger partial charge on any atom is 0.269 e. The number of amides is 1. The van der Waals surface area contributed by atoms with Crippen molar-refractivity contribution >= 4 is 23.2 Å². The van der Waals surface area contributed by atoms with Crippen molar-refractivity contribution in [2.75, 3.05) is 27.3 Å². The van der Waals surface area contributed by atoms with Gasteiger partial charge >= 0.3 is 0 Å². The highest BCUT2D eigenvalue weighted by Crippen LogP contribution is 2.28. The topological polar surface area (TPSA) is 106 Å². The van der Waals surface area contributed by atoms with Crippen LogP contribution in [0, 0.1) is 10.1 Å². The van der Waals surface area contributed by atoms with E-state index in [0.29, 0.717) is 55.5 Å². The molecule has 0 spiro atoms. The molecule has 39 heavy (non-hydrogen) atoms. The number of hydrogen-bond donors (Lipinski definition) is 2. The molecule has 10 heteroatoms. The summed E-state index contributed by atoms with van der Waals surface area (Å²) >= 11 is 6.44. The highest BCUT2D eigenvalue weighted by atomic mass is 35.5. The summed E-state index contributed by atoms with van der Waals surface area (Å²) in [6.45, 7) is 2.32. The summed E-state index contributed by atoms with van der Waals surface area (Å²) in [6.07, 6.45) is 1.24. The fraction of sp³-hybridized carbons (Fsp3) is 0.345. The highest BCUT2D eigenvalue weighted by molar-refractivity contribution is 6.31. The normalized spacial score (nSPS) is 17.1. The van der Waals surface area contributed by atoms with Gasteiger partial charge in [0.25, 0.3) is 5.69 Å². The Hall–Kier alpha value is -3.66. The number of ether oxygens (including phenoxy) is 2. The molecule has 0 radical (unpaired) electrons. The second-order valence-corrected chi connectivity index (χ2v) is 9.91. The smallest absolute Gasteiger partial charge is 0.269 e. The molecular weight excluding hydrogens is 520 g/mol. The summed E-state index contributed by atoms with van der Waals surface area (Å²) in [6, 6.07) is 19.7. The zero-order valence-corrected chi connectivity index (χ0v) is 22.8. The first-order chi connectivity index (χ1) is 18.9. The molecule has 1 saturated heterocycles. The van der Waals surface area contributed by atoms with Crippen LogP contribution in [-0.2, 0) is 24.3 Å². The van der Waals surface area contributed by atoms with Crippen LogP contribution in [0.2, 0.25) is 5.02 Å². The lowest BCUT2D eigenvalue weighted by Crippen LogP contribution is -2.43. The van der Waals surface area contributed by atoms with Crippen molar-refractivity contribution in [3.05, 3.63) is 98.6 Å². The molecule has 3 aromatic carbocycles. The Labute approximate surface area is 233 Å². The molecule has 1 amide bonds. The molecule has 4 rings (SSSR count). The van der Waals surface area contributed by atoms with Gasteiger partial charge in [0.15, 0.2) is 11.5 Å². The lowest BCUT2D eigenvalue weighted by atomic mass is 10.1. The van der Waals surface area contributed by atoms with E-state index in [4.69, 9.17) is 21.1 Å². The van der Waals surface area contributed by atoms with Crippen LogP contribution in [0.4, 0.5) is 5.69 Å². The predicted octanol–water partition coefficient (Wildman–Crippen LogP) is 4.36. The number of rotatable bonds is 12. The third-order valence-electron chi connectivity index (χ3n) is 6.94. The Morgan fingerprint density at radius 1 is 1.05 bits per heavy atom.